The standard InChI is InChI=1S/C20H14BrNOS/c1-23-13-6-4-7-14(12-13)24-20-15-8-2-3-10-17(15)22-18-11-5-9-16(21)19(18)20/h2-12H,1H3. The van der Waals surface area contributed by atoms with E-state index in [2.05, 4.69) is 58.4 Å². The zero-order valence-corrected chi connectivity index (χ0v) is 15.4. The number of hydrogen-bond acceptors (Lipinski definition) is 3. The fourth-order valence-corrected chi connectivity index (χ4v) is 4.59. The lowest BCUT2D eigenvalue weighted by molar-refractivity contribution is 0.413. The highest BCUT2D eigenvalue weighted by Crippen LogP contribution is 2.41. The molecule has 0 unspecified atom stereocenters. The highest BCUT2D eigenvalue weighted by Gasteiger charge is 2.13. The molecule has 0 radical (unpaired) electrons. The predicted molar refractivity (Wildman–Crippen MR) is 104 cm³/mol. The Morgan fingerprint density at radius 3 is 2.58 bits per heavy atom. The molecule has 4 rings (SSSR count). The summed E-state index contributed by atoms with van der Waals surface area (Å²) in [5, 5.41) is 2.30. The van der Waals surface area contributed by atoms with Crippen molar-refractivity contribution in [3.8, 4) is 5.75 Å². The van der Waals surface area contributed by atoms with E-state index in [1.54, 1.807) is 18.9 Å². The van der Waals surface area contributed by atoms with Gasteiger partial charge in [0.1, 0.15) is 5.75 Å². The molecule has 118 valence electrons. The molecule has 1 heterocycles. The van der Waals surface area contributed by atoms with Crippen molar-refractivity contribution in [1.29, 1.82) is 0 Å². The van der Waals surface area contributed by atoms with Crippen LogP contribution in [0.2, 0.25) is 0 Å². The van der Waals surface area contributed by atoms with Gasteiger partial charge < -0.3 is 4.74 Å². The number of methoxy groups -OCH3 is 1. The Morgan fingerprint density at radius 2 is 1.71 bits per heavy atom. The van der Waals surface area contributed by atoms with E-state index >= 15 is 0 Å². The van der Waals surface area contributed by atoms with E-state index in [9.17, 15) is 0 Å². The molecule has 2 nitrogen and oxygen atoms in total. The number of hydrogen-bond donors (Lipinski definition) is 0. The molecule has 24 heavy (non-hydrogen) atoms. The Bertz CT molecular complexity index is 1050. The van der Waals surface area contributed by atoms with Crippen LogP contribution >= 0.6 is 27.7 Å². The average Bonchev–Trinajstić information content (AvgIpc) is 2.62. The van der Waals surface area contributed by atoms with Gasteiger partial charge in [-0.05, 0) is 36.4 Å². The smallest absolute Gasteiger partial charge is 0.119 e. The molecule has 0 amide bonds. The molecule has 3 aromatic carbocycles. The van der Waals surface area contributed by atoms with E-state index in [0.29, 0.717) is 0 Å². The van der Waals surface area contributed by atoms with Crippen LogP contribution in [0.25, 0.3) is 21.8 Å². The molecule has 0 fully saturated rings. The van der Waals surface area contributed by atoms with Gasteiger partial charge in [0.25, 0.3) is 0 Å². The van der Waals surface area contributed by atoms with Crippen LogP contribution in [0, 0.1) is 0 Å². The number of fused-ring (bicyclic) bond motifs is 2. The van der Waals surface area contributed by atoms with Crippen LogP contribution in [0.4, 0.5) is 0 Å². The summed E-state index contributed by atoms with van der Waals surface area (Å²) in [6, 6.07) is 22.6. The van der Waals surface area contributed by atoms with Crippen LogP contribution in [-0.4, -0.2) is 12.1 Å². The largest absolute Gasteiger partial charge is 0.497 e. The minimum absolute atomic E-state index is 0.863. The molecule has 0 atom stereocenters. The van der Waals surface area contributed by atoms with Crippen LogP contribution in [0.15, 0.2) is 81.0 Å². The third-order valence-electron chi connectivity index (χ3n) is 3.87. The first-order valence-electron chi connectivity index (χ1n) is 7.55. The maximum absolute atomic E-state index is 5.36. The number of aromatic nitrogens is 1. The normalized spacial score (nSPS) is 11.1. The van der Waals surface area contributed by atoms with Gasteiger partial charge in [0.15, 0.2) is 0 Å². The van der Waals surface area contributed by atoms with Gasteiger partial charge in [-0.2, -0.15) is 0 Å². The van der Waals surface area contributed by atoms with Crippen molar-refractivity contribution in [1.82, 2.24) is 4.98 Å². The Kier molecular flexibility index (Phi) is 4.17. The van der Waals surface area contributed by atoms with Crippen molar-refractivity contribution in [2.75, 3.05) is 7.11 Å². The van der Waals surface area contributed by atoms with Gasteiger partial charge in [0, 0.05) is 25.0 Å². The lowest BCUT2D eigenvalue weighted by Crippen LogP contribution is -1.88. The van der Waals surface area contributed by atoms with Gasteiger partial charge in [0.05, 0.1) is 18.1 Å². The van der Waals surface area contributed by atoms with Crippen LogP contribution < -0.4 is 4.74 Å². The molecule has 0 saturated carbocycles. The lowest BCUT2D eigenvalue weighted by Gasteiger charge is -2.12. The minimum Gasteiger partial charge on any atom is -0.497 e. The number of nitrogens with zero attached hydrogens (tertiary/aromatic N) is 1. The summed E-state index contributed by atoms with van der Waals surface area (Å²) in [7, 11) is 1.69. The van der Waals surface area contributed by atoms with Gasteiger partial charge in [-0.15, -0.1) is 0 Å². The van der Waals surface area contributed by atoms with Crippen molar-refractivity contribution in [3.05, 3.63) is 71.2 Å². The van der Waals surface area contributed by atoms with Crippen LogP contribution in [0.1, 0.15) is 0 Å². The van der Waals surface area contributed by atoms with Gasteiger partial charge >= 0.3 is 0 Å². The first-order valence-corrected chi connectivity index (χ1v) is 9.16. The summed E-state index contributed by atoms with van der Waals surface area (Å²) < 4.78 is 6.42. The minimum atomic E-state index is 0.863. The van der Waals surface area contributed by atoms with Gasteiger partial charge in [0.2, 0.25) is 0 Å². The van der Waals surface area contributed by atoms with E-state index in [0.717, 1.165) is 36.9 Å². The summed E-state index contributed by atoms with van der Waals surface area (Å²) in [4.78, 5) is 7.15. The molecular weight excluding hydrogens is 382 g/mol. The summed E-state index contributed by atoms with van der Waals surface area (Å²) in [6.45, 7) is 0. The van der Waals surface area contributed by atoms with E-state index < -0.39 is 0 Å². The molecule has 1 aromatic heterocycles. The fourth-order valence-electron chi connectivity index (χ4n) is 2.75. The van der Waals surface area contributed by atoms with Crippen molar-refractivity contribution >= 4 is 49.5 Å². The SMILES string of the molecule is COc1cccc(Sc2c3ccccc3nc3cccc(Br)c23)c1. The van der Waals surface area contributed by atoms with Crippen molar-refractivity contribution in [3.63, 3.8) is 0 Å². The Hall–Kier alpha value is -2.04. The molecule has 0 saturated heterocycles. The zero-order chi connectivity index (χ0) is 16.5. The molecule has 0 N–H and O–H groups in total. The number of pyridine rings is 1. The van der Waals surface area contributed by atoms with Crippen LogP contribution in [0.5, 0.6) is 5.75 Å². The molecule has 0 aliphatic heterocycles. The van der Waals surface area contributed by atoms with Crippen molar-refractivity contribution < 1.29 is 4.74 Å². The monoisotopic (exact) mass is 395 g/mol. The van der Waals surface area contributed by atoms with E-state index in [-0.39, 0.29) is 0 Å². The fraction of sp³-hybridized carbons (Fsp3) is 0.0500. The molecule has 0 aliphatic rings. The van der Waals surface area contributed by atoms with Gasteiger partial charge in [-0.1, -0.05) is 58.0 Å². The average molecular weight is 396 g/mol. The second-order valence-electron chi connectivity index (χ2n) is 5.37. The number of rotatable bonds is 3. The second kappa shape index (κ2) is 6.46. The second-order valence-corrected chi connectivity index (χ2v) is 7.31. The molecule has 0 aliphatic carbocycles. The summed E-state index contributed by atoms with van der Waals surface area (Å²) in [5.74, 6) is 0.863. The quantitative estimate of drug-likeness (QED) is 0.379. The predicted octanol–water partition coefficient (Wildman–Crippen LogP) is 6.31. The van der Waals surface area contributed by atoms with Crippen LogP contribution in [0.3, 0.4) is 0 Å². The maximum atomic E-state index is 5.36. The lowest BCUT2D eigenvalue weighted by atomic mass is 10.1. The number of para-hydroxylation sites is 1. The Labute approximate surface area is 153 Å². The van der Waals surface area contributed by atoms with E-state index in [1.807, 2.05) is 24.3 Å². The highest BCUT2D eigenvalue weighted by molar-refractivity contribution is 9.10. The summed E-state index contributed by atoms with van der Waals surface area (Å²) in [5.41, 5.74) is 2.00. The molecular formula is C20H14BrNOS. The van der Waals surface area contributed by atoms with Crippen LogP contribution in [-0.2, 0) is 0 Å². The number of halogens is 1. The Balaban J connectivity index is 1.99. The number of benzene rings is 3. The van der Waals surface area contributed by atoms with Gasteiger partial charge in [-0.25, -0.2) is 4.98 Å². The molecule has 4 aromatic rings. The maximum Gasteiger partial charge on any atom is 0.119 e. The topological polar surface area (TPSA) is 22.1 Å². The summed E-state index contributed by atoms with van der Waals surface area (Å²) >= 11 is 5.44. The molecule has 4 heteroatoms. The first kappa shape index (κ1) is 15.5. The van der Waals surface area contributed by atoms with E-state index in [1.165, 1.54) is 4.90 Å². The Morgan fingerprint density at radius 1 is 0.917 bits per heavy atom. The van der Waals surface area contributed by atoms with E-state index in [4.69, 9.17) is 9.72 Å². The third-order valence-corrected chi connectivity index (χ3v) is 5.65. The third kappa shape index (κ3) is 2.76. The molecule has 0 spiro atoms. The zero-order valence-electron chi connectivity index (χ0n) is 13.0. The number of ether oxygens (including phenoxy) is 1. The van der Waals surface area contributed by atoms with Gasteiger partial charge in [-0.3, -0.25) is 0 Å². The van der Waals surface area contributed by atoms with Crippen molar-refractivity contribution in [2.45, 2.75) is 9.79 Å². The highest BCUT2D eigenvalue weighted by atomic mass is 79.9. The molecule has 0 bridgehead atoms. The summed E-state index contributed by atoms with van der Waals surface area (Å²) in [6.07, 6.45) is 0. The van der Waals surface area contributed by atoms with Crippen molar-refractivity contribution in [2.24, 2.45) is 0 Å². The first-order chi connectivity index (χ1) is 11.8.